The zero-order chi connectivity index (χ0) is 12.1. The molecule has 1 aromatic heterocycles. The number of methoxy groups -OCH3 is 1. The van der Waals surface area contributed by atoms with Crippen LogP contribution in [0.5, 0.6) is 0 Å². The average molecular weight is 263 g/mol. The number of ether oxygens (including phenoxy) is 1. The molecule has 1 amide bonds. The first-order chi connectivity index (χ1) is 7.58. The van der Waals surface area contributed by atoms with Crippen LogP contribution in [0.1, 0.15) is 12.6 Å². The minimum Gasteiger partial charge on any atom is -0.383 e. The summed E-state index contributed by atoms with van der Waals surface area (Å²) in [7, 11) is 3.28. The standard InChI is InChI=1S/C10H18N4O2.ClH/c1-4-7-5-9(14(2)13-7)12-10(15)8(11)6-16-3;/h5,8H,4,6,11H2,1-3H3,(H,12,15);1H. The van der Waals surface area contributed by atoms with Crippen LogP contribution in [-0.4, -0.2) is 35.4 Å². The molecule has 0 aliphatic rings. The Balaban J connectivity index is 0.00000256. The summed E-state index contributed by atoms with van der Waals surface area (Å²) in [5.41, 5.74) is 6.53. The van der Waals surface area contributed by atoms with Crippen molar-refractivity contribution in [3.63, 3.8) is 0 Å². The van der Waals surface area contributed by atoms with Gasteiger partial charge in [-0.1, -0.05) is 6.92 Å². The molecule has 1 unspecified atom stereocenters. The number of amides is 1. The van der Waals surface area contributed by atoms with Crippen LogP contribution >= 0.6 is 12.4 Å². The van der Waals surface area contributed by atoms with Gasteiger partial charge in [0.2, 0.25) is 5.91 Å². The van der Waals surface area contributed by atoms with Gasteiger partial charge in [-0.25, -0.2) is 0 Å². The van der Waals surface area contributed by atoms with Crippen LogP contribution in [0.25, 0.3) is 0 Å². The van der Waals surface area contributed by atoms with E-state index in [4.69, 9.17) is 10.5 Å². The van der Waals surface area contributed by atoms with E-state index in [1.54, 1.807) is 11.7 Å². The Kier molecular flexibility index (Phi) is 6.79. The van der Waals surface area contributed by atoms with E-state index >= 15 is 0 Å². The largest absolute Gasteiger partial charge is 0.383 e. The van der Waals surface area contributed by atoms with Crippen molar-refractivity contribution in [3.05, 3.63) is 11.8 Å². The SMILES string of the molecule is CCc1cc(NC(=O)C(N)COC)n(C)n1.Cl. The minimum absolute atomic E-state index is 0. The molecule has 0 saturated carbocycles. The lowest BCUT2D eigenvalue weighted by atomic mass is 10.3. The Hall–Kier alpha value is -1.11. The maximum Gasteiger partial charge on any atom is 0.244 e. The summed E-state index contributed by atoms with van der Waals surface area (Å²) in [5.74, 6) is 0.376. The van der Waals surface area contributed by atoms with Crippen molar-refractivity contribution in [1.29, 1.82) is 0 Å². The number of rotatable bonds is 5. The summed E-state index contributed by atoms with van der Waals surface area (Å²) in [6.45, 7) is 2.20. The van der Waals surface area contributed by atoms with Gasteiger partial charge in [-0.3, -0.25) is 9.48 Å². The highest BCUT2D eigenvalue weighted by Crippen LogP contribution is 2.09. The van der Waals surface area contributed by atoms with E-state index in [0.29, 0.717) is 5.82 Å². The molecule has 6 nitrogen and oxygen atoms in total. The maximum atomic E-state index is 11.6. The van der Waals surface area contributed by atoms with Gasteiger partial charge in [0.25, 0.3) is 0 Å². The van der Waals surface area contributed by atoms with Gasteiger partial charge in [0, 0.05) is 20.2 Å². The molecule has 98 valence electrons. The number of halogens is 1. The van der Waals surface area contributed by atoms with E-state index in [-0.39, 0.29) is 24.9 Å². The fourth-order valence-electron chi connectivity index (χ4n) is 1.29. The number of nitrogens with zero attached hydrogens (tertiary/aromatic N) is 2. The number of hydrogen-bond donors (Lipinski definition) is 2. The number of aryl methyl sites for hydroxylation is 2. The Morgan fingerprint density at radius 3 is 2.82 bits per heavy atom. The molecule has 0 aliphatic carbocycles. The molecule has 7 heteroatoms. The molecule has 1 atom stereocenters. The highest BCUT2D eigenvalue weighted by molar-refractivity contribution is 5.94. The van der Waals surface area contributed by atoms with Crippen LogP contribution in [0.15, 0.2) is 6.07 Å². The quantitative estimate of drug-likeness (QED) is 0.801. The molecular formula is C10H19ClN4O2. The Morgan fingerprint density at radius 1 is 1.71 bits per heavy atom. The lowest BCUT2D eigenvalue weighted by Crippen LogP contribution is -2.39. The third-order valence-electron chi connectivity index (χ3n) is 2.23. The molecule has 1 aromatic rings. The van der Waals surface area contributed by atoms with Gasteiger partial charge in [-0.15, -0.1) is 12.4 Å². The van der Waals surface area contributed by atoms with Gasteiger partial charge in [-0.05, 0) is 6.42 Å². The van der Waals surface area contributed by atoms with Gasteiger partial charge < -0.3 is 15.8 Å². The van der Waals surface area contributed by atoms with Crippen molar-refractivity contribution in [1.82, 2.24) is 9.78 Å². The third-order valence-corrected chi connectivity index (χ3v) is 2.23. The topological polar surface area (TPSA) is 82.2 Å². The molecule has 1 heterocycles. The zero-order valence-electron chi connectivity index (χ0n) is 10.3. The van der Waals surface area contributed by atoms with Gasteiger partial charge >= 0.3 is 0 Å². The van der Waals surface area contributed by atoms with Crippen molar-refractivity contribution in [2.45, 2.75) is 19.4 Å². The van der Waals surface area contributed by atoms with Crippen LogP contribution in [0.4, 0.5) is 5.82 Å². The first kappa shape index (κ1) is 15.9. The molecule has 0 aliphatic heterocycles. The maximum absolute atomic E-state index is 11.6. The van der Waals surface area contributed by atoms with E-state index < -0.39 is 6.04 Å². The van der Waals surface area contributed by atoms with Gasteiger partial charge in [0.05, 0.1) is 12.3 Å². The van der Waals surface area contributed by atoms with Crippen molar-refractivity contribution in [3.8, 4) is 0 Å². The van der Waals surface area contributed by atoms with Crippen molar-refractivity contribution < 1.29 is 9.53 Å². The molecule has 17 heavy (non-hydrogen) atoms. The predicted molar refractivity (Wildman–Crippen MR) is 68.3 cm³/mol. The van der Waals surface area contributed by atoms with Gasteiger partial charge in [-0.2, -0.15) is 5.10 Å². The fourth-order valence-corrected chi connectivity index (χ4v) is 1.29. The lowest BCUT2D eigenvalue weighted by Gasteiger charge is -2.10. The van der Waals surface area contributed by atoms with Gasteiger partial charge in [0.15, 0.2) is 0 Å². The fraction of sp³-hybridized carbons (Fsp3) is 0.600. The highest BCUT2D eigenvalue weighted by atomic mass is 35.5. The average Bonchev–Trinajstić information content (AvgIpc) is 2.60. The van der Waals surface area contributed by atoms with Crippen LogP contribution in [0, 0.1) is 0 Å². The molecule has 0 radical (unpaired) electrons. The van der Waals surface area contributed by atoms with Crippen LogP contribution in [-0.2, 0) is 23.0 Å². The molecule has 0 bridgehead atoms. The number of carbonyl (C=O) groups excluding carboxylic acids is 1. The Bertz CT molecular complexity index is 367. The highest BCUT2D eigenvalue weighted by Gasteiger charge is 2.15. The van der Waals surface area contributed by atoms with Crippen LogP contribution in [0.2, 0.25) is 0 Å². The van der Waals surface area contributed by atoms with Crippen LogP contribution < -0.4 is 11.1 Å². The molecule has 0 aromatic carbocycles. The predicted octanol–water partition coefficient (Wildman–Crippen LogP) is 0.316. The van der Waals surface area contributed by atoms with Crippen molar-refractivity contribution >= 4 is 24.1 Å². The van der Waals surface area contributed by atoms with Crippen molar-refractivity contribution in [2.24, 2.45) is 12.8 Å². The second kappa shape index (κ2) is 7.26. The number of hydrogen-bond acceptors (Lipinski definition) is 4. The second-order valence-corrected chi connectivity index (χ2v) is 3.55. The monoisotopic (exact) mass is 262 g/mol. The Morgan fingerprint density at radius 2 is 2.35 bits per heavy atom. The summed E-state index contributed by atoms with van der Waals surface area (Å²) in [6, 6.07) is 1.17. The third kappa shape index (κ3) is 4.33. The van der Waals surface area contributed by atoms with Crippen LogP contribution in [0.3, 0.4) is 0 Å². The summed E-state index contributed by atoms with van der Waals surface area (Å²) < 4.78 is 6.43. The molecule has 1 rings (SSSR count). The number of nitrogens with two attached hydrogens (primary N) is 1. The van der Waals surface area contributed by atoms with E-state index in [1.165, 1.54) is 7.11 Å². The normalized spacial score (nSPS) is 11.8. The summed E-state index contributed by atoms with van der Waals surface area (Å²) in [4.78, 5) is 11.6. The summed E-state index contributed by atoms with van der Waals surface area (Å²) >= 11 is 0. The smallest absolute Gasteiger partial charge is 0.244 e. The molecular weight excluding hydrogens is 244 g/mol. The molecule has 0 spiro atoms. The lowest BCUT2D eigenvalue weighted by molar-refractivity contribution is -0.118. The second-order valence-electron chi connectivity index (χ2n) is 3.55. The molecule has 3 N–H and O–H groups in total. The first-order valence-electron chi connectivity index (χ1n) is 5.16. The van der Waals surface area contributed by atoms with Gasteiger partial charge in [0.1, 0.15) is 11.9 Å². The minimum atomic E-state index is -0.662. The number of nitrogens with one attached hydrogen (secondary N) is 1. The van der Waals surface area contributed by atoms with E-state index in [1.807, 2.05) is 13.0 Å². The zero-order valence-corrected chi connectivity index (χ0v) is 11.1. The number of aromatic nitrogens is 2. The van der Waals surface area contributed by atoms with E-state index in [2.05, 4.69) is 10.4 Å². The number of anilines is 1. The summed E-state index contributed by atoms with van der Waals surface area (Å²) in [6.07, 6.45) is 0.827. The number of carbonyl (C=O) groups is 1. The Labute approximate surface area is 107 Å². The summed E-state index contributed by atoms with van der Waals surface area (Å²) in [5, 5.41) is 6.92. The van der Waals surface area contributed by atoms with E-state index in [9.17, 15) is 4.79 Å². The van der Waals surface area contributed by atoms with E-state index in [0.717, 1.165) is 12.1 Å². The first-order valence-corrected chi connectivity index (χ1v) is 5.16. The molecule has 0 saturated heterocycles. The molecule has 0 fully saturated rings. The van der Waals surface area contributed by atoms with Crippen molar-refractivity contribution in [2.75, 3.05) is 19.0 Å².